The number of carbonyl (C=O) groups is 1. The summed E-state index contributed by atoms with van der Waals surface area (Å²) >= 11 is 1.15. The summed E-state index contributed by atoms with van der Waals surface area (Å²) in [5, 5.41) is 4.56. The van der Waals surface area contributed by atoms with Crippen molar-refractivity contribution in [3.8, 4) is 0 Å². The second-order valence-corrected chi connectivity index (χ2v) is 8.90. The van der Waals surface area contributed by atoms with Gasteiger partial charge in [0.15, 0.2) is 0 Å². The van der Waals surface area contributed by atoms with Gasteiger partial charge < -0.3 is 11.1 Å². The number of benzene rings is 1. The second kappa shape index (κ2) is 7.33. The summed E-state index contributed by atoms with van der Waals surface area (Å²) in [7, 11) is -3.56. The summed E-state index contributed by atoms with van der Waals surface area (Å²) in [4.78, 5) is 12.0. The van der Waals surface area contributed by atoms with Crippen LogP contribution >= 0.6 is 11.3 Å². The highest BCUT2D eigenvalue weighted by Crippen LogP contribution is 2.20. The monoisotopic (exact) mass is 367 g/mol. The van der Waals surface area contributed by atoms with Gasteiger partial charge in [-0.1, -0.05) is 18.2 Å². The Balaban J connectivity index is 2.00. The van der Waals surface area contributed by atoms with E-state index in [4.69, 9.17) is 5.73 Å². The molecule has 0 radical (unpaired) electrons. The minimum absolute atomic E-state index is 0.127. The van der Waals surface area contributed by atoms with Crippen LogP contribution < -0.4 is 15.8 Å². The van der Waals surface area contributed by atoms with Crippen LogP contribution in [-0.2, 0) is 21.2 Å². The molecular weight excluding hydrogens is 346 g/mol. The van der Waals surface area contributed by atoms with Crippen molar-refractivity contribution < 1.29 is 13.2 Å². The highest BCUT2D eigenvalue weighted by Gasteiger charge is 2.18. The molecular formula is C16H21N3O3S2. The number of amides is 1. The van der Waals surface area contributed by atoms with Crippen molar-refractivity contribution in [2.75, 3.05) is 11.3 Å². The van der Waals surface area contributed by atoms with Gasteiger partial charge in [0.05, 0.1) is 6.42 Å². The maximum Gasteiger partial charge on any atom is 0.271 e. The lowest BCUT2D eigenvalue weighted by molar-refractivity contribution is -0.121. The molecule has 24 heavy (non-hydrogen) atoms. The summed E-state index contributed by atoms with van der Waals surface area (Å²) in [6.07, 6.45) is 0.210. The molecule has 2 aromatic rings. The first kappa shape index (κ1) is 18.4. The van der Waals surface area contributed by atoms with Crippen LogP contribution in [0.5, 0.6) is 0 Å². The Labute approximate surface area is 146 Å². The topological polar surface area (TPSA) is 101 Å². The van der Waals surface area contributed by atoms with Crippen molar-refractivity contribution in [1.29, 1.82) is 0 Å². The third-order valence-corrected chi connectivity index (χ3v) is 6.10. The van der Waals surface area contributed by atoms with Gasteiger partial charge in [-0.2, -0.15) is 0 Å². The lowest BCUT2D eigenvalue weighted by atomic mass is 10.0. The summed E-state index contributed by atoms with van der Waals surface area (Å²) in [6, 6.07) is 9.96. The SMILES string of the molecule is CC(C)(CN)NC(=O)Cc1ccc(NS(=O)(=O)c2cccs2)cc1. The molecule has 4 N–H and O–H groups in total. The first-order chi connectivity index (χ1) is 11.2. The van der Waals surface area contributed by atoms with Gasteiger partial charge in [-0.05, 0) is 43.0 Å². The Bertz CT molecular complexity index is 782. The average molecular weight is 367 g/mol. The lowest BCUT2D eigenvalue weighted by Gasteiger charge is -2.24. The van der Waals surface area contributed by atoms with Crippen LogP contribution in [0.25, 0.3) is 0 Å². The number of nitrogens with one attached hydrogen (secondary N) is 2. The van der Waals surface area contributed by atoms with Gasteiger partial charge in [0.2, 0.25) is 5.91 Å². The smallest absolute Gasteiger partial charge is 0.271 e. The Morgan fingerprint density at radius 1 is 1.21 bits per heavy atom. The molecule has 1 heterocycles. The zero-order valence-electron chi connectivity index (χ0n) is 13.6. The Kier molecular flexibility index (Phi) is 5.63. The molecule has 0 bridgehead atoms. The molecule has 1 aromatic carbocycles. The summed E-state index contributed by atoms with van der Waals surface area (Å²) in [6.45, 7) is 4.06. The van der Waals surface area contributed by atoms with Crippen LogP contribution in [-0.4, -0.2) is 26.4 Å². The van der Waals surface area contributed by atoms with Crippen LogP contribution in [0, 0.1) is 0 Å². The number of anilines is 1. The highest BCUT2D eigenvalue weighted by atomic mass is 32.2. The third kappa shape index (κ3) is 5.05. The maximum atomic E-state index is 12.1. The number of rotatable bonds is 7. The van der Waals surface area contributed by atoms with Gasteiger partial charge >= 0.3 is 0 Å². The molecule has 2 rings (SSSR count). The van der Waals surface area contributed by atoms with Crippen molar-refractivity contribution in [1.82, 2.24) is 5.32 Å². The van der Waals surface area contributed by atoms with Gasteiger partial charge in [-0.25, -0.2) is 8.42 Å². The van der Waals surface area contributed by atoms with Crippen molar-refractivity contribution in [3.63, 3.8) is 0 Å². The van der Waals surface area contributed by atoms with E-state index in [1.807, 2.05) is 13.8 Å². The van der Waals surface area contributed by atoms with E-state index >= 15 is 0 Å². The van der Waals surface area contributed by atoms with E-state index in [-0.39, 0.29) is 16.5 Å². The second-order valence-electron chi connectivity index (χ2n) is 6.05. The van der Waals surface area contributed by atoms with E-state index in [0.717, 1.165) is 16.9 Å². The molecule has 130 valence electrons. The lowest BCUT2D eigenvalue weighted by Crippen LogP contribution is -2.49. The average Bonchev–Trinajstić information content (AvgIpc) is 3.03. The largest absolute Gasteiger partial charge is 0.350 e. The van der Waals surface area contributed by atoms with Gasteiger partial charge in [-0.3, -0.25) is 9.52 Å². The molecule has 0 spiro atoms. The van der Waals surface area contributed by atoms with Gasteiger partial charge in [-0.15, -0.1) is 11.3 Å². The first-order valence-corrected chi connectivity index (χ1v) is 9.74. The molecule has 8 heteroatoms. The van der Waals surface area contributed by atoms with Crippen LogP contribution in [0.4, 0.5) is 5.69 Å². The molecule has 0 fully saturated rings. The minimum Gasteiger partial charge on any atom is -0.350 e. The highest BCUT2D eigenvalue weighted by molar-refractivity contribution is 7.94. The van der Waals surface area contributed by atoms with Crippen LogP contribution in [0.3, 0.4) is 0 Å². The van der Waals surface area contributed by atoms with Crippen molar-refractivity contribution in [2.24, 2.45) is 5.73 Å². The first-order valence-electron chi connectivity index (χ1n) is 7.38. The molecule has 6 nitrogen and oxygen atoms in total. The van der Waals surface area contributed by atoms with Gasteiger partial charge in [0, 0.05) is 17.8 Å². The van der Waals surface area contributed by atoms with E-state index in [9.17, 15) is 13.2 Å². The molecule has 0 unspecified atom stereocenters. The quantitative estimate of drug-likeness (QED) is 0.696. The fourth-order valence-electron chi connectivity index (χ4n) is 1.97. The number of sulfonamides is 1. The molecule has 0 saturated heterocycles. The Hall–Kier alpha value is -1.90. The summed E-state index contributed by atoms with van der Waals surface area (Å²) < 4.78 is 27.1. The number of hydrogen-bond acceptors (Lipinski definition) is 5. The van der Waals surface area contributed by atoms with Gasteiger partial charge in [0.25, 0.3) is 10.0 Å². The normalized spacial score (nSPS) is 12.0. The van der Waals surface area contributed by atoms with Crippen LogP contribution in [0.2, 0.25) is 0 Å². The number of nitrogens with two attached hydrogens (primary N) is 1. The minimum atomic E-state index is -3.56. The molecule has 0 aliphatic carbocycles. The molecule has 0 saturated carbocycles. The zero-order valence-corrected chi connectivity index (χ0v) is 15.2. The van der Waals surface area contributed by atoms with Crippen molar-refractivity contribution in [3.05, 3.63) is 47.3 Å². The van der Waals surface area contributed by atoms with Crippen molar-refractivity contribution in [2.45, 2.75) is 30.0 Å². The molecule has 0 atom stereocenters. The van der Waals surface area contributed by atoms with E-state index in [2.05, 4.69) is 10.0 Å². The number of thiophene rings is 1. The Morgan fingerprint density at radius 2 is 1.88 bits per heavy atom. The molecule has 1 amide bonds. The van der Waals surface area contributed by atoms with E-state index in [1.165, 1.54) is 0 Å². The third-order valence-electron chi connectivity index (χ3n) is 3.32. The van der Waals surface area contributed by atoms with E-state index in [0.29, 0.717) is 12.2 Å². The predicted molar refractivity (Wildman–Crippen MR) is 96.5 cm³/mol. The van der Waals surface area contributed by atoms with E-state index in [1.54, 1.807) is 41.8 Å². The molecule has 0 aliphatic rings. The fraction of sp³-hybridized carbons (Fsp3) is 0.312. The molecule has 0 aliphatic heterocycles. The van der Waals surface area contributed by atoms with E-state index < -0.39 is 15.6 Å². The van der Waals surface area contributed by atoms with Gasteiger partial charge in [0.1, 0.15) is 4.21 Å². The van der Waals surface area contributed by atoms with Crippen molar-refractivity contribution >= 4 is 33.0 Å². The maximum absolute atomic E-state index is 12.1. The van der Waals surface area contributed by atoms with Crippen LogP contribution in [0.1, 0.15) is 19.4 Å². The number of hydrogen-bond donors (Lipinski definition) is 3. The standard InChI is InChI=1S/C16H21N3O3S2/c1-16(2,11-17)18-14(20)10-12-5-7-13(8-6-12)19-24(21,22)15-4-3-9-23-15/h3-9,19H,10-11,17H2,1-2H3,(H,18,20). The zero-order chi connectivity index (χ0) is 17.8. The summed E-state index contributed by atoms with van der Waals surface area (Å²) in [5.74, 6) is -0.127. The number of carbonyl (C=O) groups excluding carboxylic acids is 1. The fourth-order valence-corrected chi connectivity index (χ4v) is 4.02. The van der Waals surface area contributed by atoms with Crippen LogP contribution in [0.15, 0.2) is 46.0 Å². The summed E-state index contributed by atoms with van der Waals surface area (Å²) in [5.41, 5.74) is 6.38. The Morgan fingerprint density at radius 3 is 2.42 bits per heavy atom. The molecule has 1 aromatic heterocycles. The predicted octanol–water partition coefficient (Wildman–Crippen LogP) is 1.94.